The third-order valence-corrected chi connectivity index (χ3v) is 5.53. The Balaban J connectivity index is 1.21. The van der Waals surface area contributed by atoms with Crippen LogP contribution in [-0.4, -0.2) is 55.6 Å². The van der Waals surface area contributed by atoms with Crippen molar-refractivity contribution in [1.82, 2.24) is 35.2 Å². The number of ether oxygens (including phenoxy) is 1. The Morgan fingerprint density at radius 1 is 1.00 bits per heavy atom. The second kappa shape index (κ2) is 10.8. The first-order valence-corrected chi connectivity index (χ1v) is 11.6. The zero-order valence-electron chi connectivity index (χ0n) is 19.7. The highest BCUT2D eigenvalue weighted by molar-refractivity contribution is 5.87. The minimum atomic E-state index is -0.430. The molecule has 1 saturated heterocycles. The monoisotopic (exact) mass is 483 g/mol. The first-order chi connectivity index (χ1) is 17.6. The van der Waals surface area contributed by atoms with Gasteiger partial charge in [-0.15, -0.1) is 0 Å². The van der Waals surface area contributed by atoms with E-state index in [0.717, 1.165) is 25.2 Å². The third kappa shape index (κ3) is 5.94. The lowest BCUT2D eigenvalue weighted by atomic mass is 10.1. The predicted octanol–water partition coefficient (Wildman–Crippen LogP) is 3.29. The number of nitrogens with one attached hydrogen (secondary N) is 3. The van der Waals surface area contributed by atoms with E-state index < -0.39 is 5.97 Å². The molecule has 36 heavy (non-hydrogen) atoms. The summed E-state index contributed by atoms with van der Waals surface area (Å²) in [6.45, 7) is 4.16. The van der Waals surface area contributed by atoms with Crippen LogP contribution in [0.2, 0.25) is 0 Å². The number of aromatic nitrogens is 6. The lowest BCUT2D eigenvalue weighted by molar-refractivity contribution is 0.0443. The number of hydrogen-bond acceptors (Lipinski definition) is 11. The Labute approximate surface area is 207 Å². The molecule has 0 aromatic carbocycles. The highest BCUT2D eigenvalue weighted by atomic mass is 16.5. The molecule has 0 bridgehead atoms. The largest absolute Gasteiger partial charge is 0.461 e. The van der Waals surface area contributed by atoms with Gasteiger partial charge < -0.3 is 20.7 Å². The Morgan fingerprint density at radius 2 is 1.86 bits per heavy atom. The van der Waals surface area contributed by atoms with Crippen LogP contribution in [0.5, 0.6) is 0 Å². The Kier molecular flexibility index (Phi) is 6.99. The van der Waals surface area contributed by atoms with Crippen LogP contribution in [0, 0.1) is 12.8 Å². The zero-order valence-corrected chi connectivity index (χ0v) is 19.7. The maximum atomic E-state index is 12.2. The molecule has 11 nitrogen and oxygen atoms in total. The number of carbonyl (C=O) groups excluding carboxylic acids is 1. The minimum Gasteiger partial charge on any atom is -0.461 e. The third-order valence-electron chi connectivity index (χ3n) is 5.53. The molecule has 0 amide bonds. The molecule has 1 atom stereocenters. The van der Waals surface area contributed by atoms with Gasteiger partial charge in [-0.2, -0.15) is 4.98 Å². The van der Waals surface area contributed by atoms with E-state index in [1.54, 1.807) is 42.9 Å². The van der Waals surface area contributed by atoms with Gasteiger partial charge in [-0.3, -0.25) is 0 Å². The summed E-state index contributed by atoms with van der Waals surface area (Å²) in [4.78, 5) is 38.5. The van der Waals surface area contributed by atoms with E-state index in [0.29, 0.717) is 47.3 Å². The van der Waals surface area contributed by atoms with Gasteiger partial charge >= 0.3 is 5.97 Å². The van der Waals surface area contributed by atoms with Crippen LogP contribution < -0.4 is 16.0 Å². The predicted molar refractivity (Wildman–Crippen MR) is 134 cm³/mol. The van der Waals surface area contributed by atoms with Gasteiger partial charge in [0.15, 0.2) is 5.82 Å². The van der Waals surface area contributed by atoms with E-state index in [1.807, 2.05) is 25.1 Å². The van der Waals surface area contributed by atoms with Gasteiger partial charge in [0.1, 0.15) is 23.0 Å². The molecule has 0 aliphatic carbocycles. The first kappa shape index (κ1) is 23.2. The number of carbonyl (C=O) groups is 1. The SMILES string of the molecule is Cc1cccc(-c2nccc(Nc3ccnc(Nc4ccc(C(=O)OC[C@H]5CCNC5)nc4)n3)n2)n1. The summed E-state index contributed by atoms with van der Waals surface area (Å²) in [5, 5.41) is 9.51. The second-order valence-corrected chi connectivity index (χ2v) is 8.33. The molecular formula is C25H25N9O2. The lowest BCUT2D eigenvalue weighted by Crippen LogP contribution is -2.17. The van der Waals surface area contributed by atoms with Gasteiger partial charge in [0, 0.05) is 30.6 Å². The molecule has 1 aliphatic rings. The van der Waals surface area contributed by atoms with Gasteiger partial charge in [0.25, 0.3) is 0 Å². The molecular weight excluding hydrogens is 458 g/mol. The van der Waals surface area contributed by atoms with E-state index in [-0.39, 0.29) is 5.69 Å². The van der Waals surface area contributed by atoms with Crippen LogP contribution in [0.3, 0.4) is 0 Å². The van der Waals surface area contributed by atoms with Gasteiger partial charge in [0.2, 0.25) is 5.95 Å². The molecule has 0 spiro atoms. The molecule has 182 valence electrons. The maximum Gasteiger partial charge on any atom is 0.356 e. The van der Waals surface area contributed by atoms with E-state index in [9.17, 15) is 4.79 Å². The second-order valence-electron chi connectivity index (χ2n) is 8.33. The topological polar surface area (TPSA) is 140 Å². The van der Waals surface area contributed by atoms with Crippen LogP contribution >= 0.6 is 0 Å². The first-order valence-electron chi connectivity index (χ1n) is 11.6. The molecule has 1 fully saturated rings. The molecule has 0 saturated carbocycles. The minimum absolute atomic E-state index is 0.255. The summed E-state index contributed by atoms with van der Waals surface area (Å²) < 4.78 is 5.38. The summed E-state index contributed by atoms with van der Waals surface area (Å²) in [7, 11) is 0. The summed E-state index contributed by atoms with van der Waals surface area (Å²) in [6, 6.07) is 12.5. The Morgan fingerprint density at radius 3 is 2.64 bits per heavy atom. The highest BCUT2D eigenvalue weighted by Crippen LogP contribution is 2.19. The average Bonchev–Trinajstić information content (AvgIpc) is 3.42. The fraction of sp³-hybridized carbons (Fsp3) is 0.240. The number of hydrogen-bond donors (Lipinski definition) is 3. The summed E-state index contributed by atoms with van der Waals surface area (Å²) in [6.07, 6.45) is 5.85. The van der Waals surface area contributed by atoms with Gasteiger partial charge in [0.05, 0.1) is 18.5 Å². The maximum absolute atomic E-state index is 12.2. The normalized spacial score (nSPS) is 14.9. The standard InChI is InChI=1S/C25H25N9O2/c1-16-3-2-4-19(30-16)23-27-11-8-21(33-23)32-22-9-12-28-25(34-22)31-18-5-6-20(29-14-18)24(35)36-15-17-7-10-26-13-17/h2-6,8-9,11-12,14,17,26H,7,10,13,15H2,1H3,(H2,27,28,31,32,33,34)/t17-/m0/s1. The molecule has 4 aromatic heterocycles. The number of esters is 1. The van der Waals surface area contributed by atoms with Crippen molar-refractivity contribution in [3.05, 3.63) is 72.4 Å². The van der Waals surface area contributed by atoms with Crippen molar-refractivity contribution in [3.8, 4) is 11.5 Å². The Hall–Kier alpha value is -4.51. The van der Waals surface area contributed by atoms with Crippen LogP contribution in [0.4, 0.5) is 23.3 Å². The lowest BCUT2D eigenvalue weighted by Gasteiger charge is -2.10. The van der Waals surface area contributed by atoms with Crippen molar-refractivity contribution in [2.45, 2.75) is 13.3 Å². The molecule has 4 aromatic rings. The number of anilines is 4. The van der Waals surface area contributed by atoms with Crippen LogP contribution in [-0.2, 0) is 4.74 Å². The fourth-order valence-electron chi connectivity index (χ4n) is 3.68. The van der Waals surface area contributed by atoms with Crippen molar-refractivity contribution in [1.29, 1.82) is 0 Å². The van der Waals surface area contributed by atoms with Crippen LogP contribution in [0.25, 0.3) is 11.5 Å². The number of rotatable bonds is 8. The van der Waals surface area contributed by atoms with Crippen molar-refractivity contribution < 1.29 is 9.53 Å². The quantitative estimate of drug-likeness (QED) is 0.318. The van der Waals surface area contributed by atoms with Gasteiger partial charge in [-0.25, -0.2) is 29.7 Å². The molecule has 1 aliphatic heterocycles. The summed E-state index contributed by atoms with van der Waals surface area (Å²) >= 11 is 0. The van der Waals surface area contributed by atoms with Crippen molar-refractivity contribution in [3.63, 3.8) is 0 Å². The van der Waals surface area contributed by atoms with Crippen molar-refractivity contribution in [2.24, 2.45) is 5.92 Å². The van der Waals surface area contributed by atoms with Gasteiger partial charge in [-0.1, -0.05) is 6.07 Å². The molecule has 5 heterocycles. The smallest absolute Gasteiger partial charge is 0.356 e. The van der Waals surface area contributed by atoms with Crippen LogP contribution in [0.15, 0.2) is 61.1 Å². The van der Waals surface area contributed by atoms with E-state index in [1.165, 1.54) is 0 Å². The van der Waals surface area contributed by atoms with Crippen molar-refractivity contribution >= 4 is 29.2 Å². The molecule has 11 heteroatoms. The number of aryl methyl sites for hydroxylation is 1. The molecule has 0 unspecified atom stereocenters. The molecule has 3 N–H and O–H groups in total. The van der Waals surface area contributed by atoms with Gasteiger partial charge in [-0.05, 0) is 56.3 Å². The molecule has 0 radical (unpaired) electrons. The summed E-state index contributed by atoms with van der Waals surface area (Å²) in [5.74, 6) is 1.93. The van der Waals surface area contributed by atoms with E-state index >= 15 is 0 Å². The summed E-state index contributed by atoms with van der Waals surface area (Å²) in [5.41, 5.74) is 2.48. The van der Waals surface area contributed by atoms with E-state index in [4.69, 9.17) is 4.74 Å². The average molecular weight is 484 g/mol. The van der Waals surface area contributed by atoms with Crippen molar-refractivity contribution in [2.75, 3.05) is 30.3 Å². The zero-order chi connectivity index (χ0) is 24.7. The number of nitrogens with zero attached hydrogens (tertiary/aromatic N) is 6. The van der Waals surface area contributed by atoms with Crippen LogP contribution in [0.1, 0.15) is 22.6 Å². The van der Waals surface area contributed by atoms with E-state index in [2.05, 4.69) is 45.9 Å². The fourth-order valence-corrected chi connectivity index (χ4v) is 3.68. The number of pyridine rings is 2. The Bertz CT molecular complexity index is 1340. The highest BCUT2D eigenvalue weighted by Gasteiger charge is 2.17. The molecule has 5 rings (SSSR count).